The van der Waals surface area contributed by atoms with Gasteiger partial charge in [-0.05, 0) is 12.2 Å². The number of hydrogen-bond donors (Lipinski definition) is 0. The minimum Gasteiger partial charge on any atom is -0.236 e. The van der Waals surface area contributed by atoms with Crippen molar-refractivity contribution in [3.05, 3.63) is 12.2 Å². The van der Waals surface area contributed by atoms with E-state index >= 15 is 0 Å². The normalized spacial score (nSPS) is 35.8. The van der Waals surface area contributed by atoms with Crippen molar-refractivity contribution in [1.82, 2.24) is 0 Å². The lowest BCUT2D eigenvalue weighted by atomic mass is 9.95. The van der Waals surface area contributed by atoms with Crippen LogP contribution in [0.4, 0.5) is 26.3 Å². The maximum atomic E-state index is 13.6. The molecule has 0 saturated heterocycles. The third-order valence-electron chi connectivity index (χ3n) is 2.12. The zero-order valence-corrected chi connectivity index (χ0v) is 10.5. The summed E-state index contributed by atoms with van der Waals surface area (Å²) < 4.78 is 103. The molecule has 0 saturated carbocycles. The molecule has 0 bridgehead atoms. The number of alkyl halides is 6. The molecule has 1 aliphatic carbocycles. The molecule has 11 heteroatoms. The molecule has 2 unspecified atom stereocenters. The van der Waals surface area contributed by atoms with Crippen LogP contribution in [-0.4, -0.2) is 31.4 Å². The molecule has 0 N–H and O–H groups in total. The lowest BCUT2D eigenvalue weighted by Crippen LogP contribution is -2.64. The van der Waals surface area contributed by atoms with E-state index in [1.54, 1.807) is 0 Å². The molecule has 0 fully saturated rings. The third kappa shape index (κ3) is 1.77. The van der Waals surface area contributed by atoms with E-state index in [1.807, 2.05) is 0 Å². The fourth-order valence-corrected chi connectivity index (χ4v) is 2.69. The van der Waals surface area contributed by atoms with Crippen LogP contribution in [0.15, 0.2) is 12.2 Å². The molecular formula is C6H3F6IO3S. The summed E-state index contributed by atoms with van der Waals surface area (Å²) in [7, 11) is -5.69. The predicted molar refractivity (Wildman–Crippen MR) is 51.8 cm³/mol. The molecule has 3 nitrogen and oxygen atoms in total. The molecular weight excluding hydrogens is 393 g/mol. The van der Waals surface area contributed by atoms with Crippen LogP contribution >= 0.6 is 23.0 Å². The Morgan fingerprint density at radius 1 is 1.18 bits per heavy atom. The largest absolute Gasteiger partial charge is 0.367 e. The fraction of sp³-hybridized carbons (Fsp3) is 0.667. The third-order valence-corrected chi connectivity index (χ3v) is 4.83. The van der Waals surface area contributed by atoms with Crippen molar-refractivity contribution in [3.8, 4) is 0 Å². The van der Waals surface area contributed by atoms with Crippen LogP contribution in [0, 0.1) is 0 Å². The highest BCUT2D eigenvalue weighted by Gasteiger charge is 2.79. The summed E-state index contributed by atoms with van der Waals surface area (Å²) >= 11 is 0.542. The van der Waals surface area contributed by atoms with Gasteiger partial charge in [0, 0.05) is 0 Å². The van der Waals surface area contributed by atoms with E-state index < -0.39 is 39.2 Å². The monoisotopic (exact) mass is 396 g/mol. The van der Waals surface area contributed by atoms with Crippen LogP contribution in [0.2, 0.25) is 0 Å². The van der Waals surface area contributed by atoms with Crippen LogP contribution in [-0.2, 0) is 12.6 Å². The van der Waals surface area contributed by atoms with Crippen molar-refractivity contribution in [2.75, 3.05) is 0 Å². The van der Waals surface area contributed by atoms with Gasteiger partial charge in [0.25, 0.3) is 0 Å². The second-order valence-corrected chi connectivity index (χ2v) is 5.83. The molecule has 0 aromatic carbocycles. The molecule has 0 amide bonds. The zero-order chi connectivity index (χ0) is 13.7. The van der Waals surface area contributed by atoms with Crippen molar-refractivity contribution in [3.63, 3.8) is 0 Å². The lowest BCUT2D eigenvalue weighted by molar-refractivity contribution is -0.264. The Morgan fingerprint density at radius 2 is 1.65 bits per heavy atom. The second kappa shape index (κ2) is 3.98. The number of hydrogen-bond acceptors (Lipinski definition) is 3. The average molecular weight is 396 g/mol. The summed E-state index contributed by atoms with van der Waals surface area (Å²) in [6.07, 6.45) is -4.26. The summed E-state index contributed by atoms with van der Waals surface area (Å²) in [5.41, 5.74) is 0. The van der Waals surface area contributed by atoms with Gasteiger partial charge in [0.2, 0.25) is 0 Å². The minimum atomic E-state index is -5.79. The Labute approximate surface area is 106 Å². The first-order chi connectivity index (χ1) is 7.44. The molecule has 1 rings (SSSR count). The molecule has 17 heavy (non-hydrogen) atoms. The van der Waals surface area contributed by atoms with Gasteiger partial charge in [-0.15, -0.1) is 0 Å². The first-order valence-corrected chi connectivity index (χ1v) is 6.05. The summed E-state index contributed by atoms with van der Waals surface area (Å²) in [6, 6.07) is 0. The topological polar surface area (TPSA) is 43.4 Å². The summed E-state index contributed by atoms with van der Waals surface area (Å²) in [6.45, 7) is 0. The van der Waals surface area contributed by atoms with E-state index in [0.29, 0.717) is 23.0 Å². The number of halogens is 7. The molecule has 0 spiro atoms. The van der Waals surface area contributed by atoms with Crippen LogP contribution in [0.25, 0.3) is 0 Å². The SMILES string of the molecule is O=S(=O)(OI)C1(F)C=CC(F)C(F)(F)C1(F)F. The maximum absolute atomic E-state index is 13.6. The fourth-order valence-electron chi connectivity index (χ4n) is 1.12. The van der Waals surface area contributed by atoms with Crippen LogP contribution in [0.1, 0.15) is 0 Å². The van der Waals surface area contributed by atoms with Gasteiger partial charge in [-0.2, -0.15) is 28.5 Å². The average Bonchev–Trinajstić information content (AvgIpc) is 2.22. The van der Waals surface area contributed by atoms with Gasteiger partial charge in [0.15, 0.2) is 6.17 Å². The van der Waals surface area contributed by atoms with Crippen LogP contribution in [0.3, 0.4) is 0 Å². The van der Waals surface area contributed by atoms with E-state index in [2.05, 4.69) is 2.51 Å². The standard InChI is InChI=1S/C6H3F6IO3S/c7-3-1-2-4(8,17(14,15)16-13)6(11,12)5(3,9)10/h1-3H. The maximum Gasteiger partial charge on any atom is 0.367 e. The van der Waals surface area contributed by atoms with E-state index in [-0.39, 0.29) is 6.08 Å². The molecule has 2 atom stereocenters. The Bertz CT molecular complexity index is 449. The van der Waals surface area contributed by atoms with Crippen molar-refractivity contribution < 1.29 is 37.3 Å². The second-order valence-electron chi connectivity index (χ2n) is 3.12. The Kier molecular flexibility index (Phi) is 3.52. The van der Waals surface area contributed by atoms with Crippen LogP contribution < -0.4 is 0 Å². The number of allylic oxidation sites excluding steroid dienone is 1. The van der Waals surface area contributed by atoms with E-state index in [9.17, 15) is 34.8 Å². The minimum absolute atomic E-state index is 0.287. The van der Waals surface area contributed by atoms with E-state index in [0.717, 1.165) is 0 Å². The van der Waals surface area contributed by atoms with Crippen LogP contribution in [0.5, 0.6) is 0 Å². The first kappa shape index (κ1) is 15.0. The molecule has 0 aromatic rings. The zero-order valence-electron chi connectivity index (χ0n) is 7.51. The molecule has 0 aliphatic heterocycles. The summed E-state index contributed by atoms with van der Waals surface area (Å²) in [5, 5.41) is -4.83. The van der Waals surface area contributed by atoms with Gasteiger partial charge in [-0.3, -0.25) is 0 Å². The van der Waals surface area contributed by atoms with Gasteiger partial charge in [0.05, 0.1) is 0 Å². The van der Waals surface area contributed by atoms with Gasteiger partial charge in [-0.25, -0.2) is 8.78 Å². The van der Waals surface area contributed by atoms with E-state index in [1.165, 1.54) is 0 Å². The highest BCUT2D eigenvalue weighted by atomic mass is 127. The Morgan fingerprint density at radius 3 is 2.06 bits per heavy atom. The highest BCUT2D eigenvalue weighted by Crippen LogP contribution is 2.53. The predicted octanol–water partition coefficient (Wildman–Crippen LogP) is 2.53. The van der Waals surface area contributed by atoms with Crippen molar-refractivity contribution in [1.29, 1.82) is 0 Å². The number of rotatable bonds is 2. The molecule has 100 valence electrons. The van der Waals surface area contributed by atoms with Crippen molar-refractivity contribution in [2.24, 2.45) is 0 Å². The summed E-state index contributed by atoms with van der Waals surface area (Å²) in [4.78, 5) is 0. The quantitative estimate of drug-likeness (QED) is 0.410. The molecule has 1 aliphatic rings. The lowest BCUT2D eigenvalue weighted by Gasteiger charge is -2.38. The van der Waals surface area contributed by atoms with Gasteiger partial charge in [-0.1, -0.05) is 0 Å². The van der Waals surface area contributed by atoms with E-state index in [4.69, 9.17) is 0 Å². The summed E-state index contributed by atoms with van der Waals surface area (Å²) in [5.74, 6) is -11.3. The van der Waals surface area contributed by atoms with Crippen molar-refractivity contribution >= 4 is 33.1 Å². The highest BCUT2D eigenvalue weighted by molar-refractivity contribution is 14.1. The van der Waals surface area contributed by atoms with Gasteiger partial charge < -0.3 is 0 Å². The van der Waals surface area contributed by atoms with Gasteiger partial charge in [0.1, 0.15) is 23.0 Å². The first-order valence-electron chi connectivity index (χ1n) is 3.77. The Balaban J connectivity index is 3.53. The Hall–Kier alpha value is -0.0400. The molecule has 0 aromatic heterocycles. The van der Waals surface area contributed by atoms with Gasteiger partial charge >= 0.3 is 27.0 Å². The van der Waals surface area contributed by atoms with Crippen molar-refractivity contribution in [2.45, 2.75) is 23.0 Å². The smallest absolute Gasteiger partial charge is 0.236 e. The molecule has 0 heterocycles. The molecule has 0 radical (unpaired) electrons.